The Labute approximate surface area is 91.2 Å². The first-order valence-corrected chi connectivity index (χ1v) is 5.57. The number of nitrogens with two attached hydrogens (primary N) is 1. The van der Waals surface area contributed by atoms with Crippen LogP contribution in [0.3, 0.4) is 0 Å². The maximum Gasteiger partial charge on any atom is 0.305 e. The number of carbonyl (C=O) groups excluding carboxylic acids is 2. The maximum atomic E-state index is 11.1. The molecule has 0 aromatic heterocycles. The van der Waals surface area contributed by atoms with Gasteiger partial charge in [-0.15, -0.1) is 0 Å². The van der Waals surface area contributed by atoms with E-state index in [1.807, 2.05) is 0 Å². The fourth-order valence-corrected chi connectivity index (χ4v) is 1.17. The summed E-state index contributed by atoms with van der Waals surface area (Å²) in [5, 5.41) is 0. The van der Waals surface area contributed by atoms with Crippen LogP contribution in [0.25, 0.3) is 0 Å². The summed E-state index contributed by atoms with van der Waals surface area (Å²) in [7, 11) is 0. The van der Waals surface area contributed by atoms with Crippen molar-refractivity contribution in [1.82, 2.24) is 0 Å². The summed E-state index contributed by atoms with van der Waals surface area (Å²) in [5.41, 5.74) is 5.27. The van der Waals surface area contributed by atoms with E-state index in [1.165, 1.54) is 12.8 Å². The van der Waals surface area contributed by atoms with Crippen LogP contribution in [0.4, 0.5) is 0 Å². The quantitative estimate of drug-likeness (QED) is 0.359. The van der Waals surface area contributed by atoms with E-state index in [0.717, 1.165) is 19.3 Å². The number of aldehydes is 1. The molecular weight excluding hydrogens is 194 g/mol. The molecule has 0 fully saturated rings. The molecule has 0 saturated carbocycles. The molecule has 0 aromatic rings. The molecule has 0 amide bonds. The third-order valence-corrected chi connectivity index (χ3v) is 2.10. The van der Waals surface area contributed by atoms with Crippen LogP contribution in [0, 0.1) is 0 Å². The Hall–Kier alpha value is -0.900. The highest BCUT2D eigenvalue weighted by molar-refractivity contribution is 5.69. The van der Waals surface area contributed by atoms with Gasteiger partial charge in [0.2, 0.25) is 0 Å². The molecule has 0 saturated heterocycles. The summed E-state index contributed by atoms with van der Waals surface area (Å²) in [6.45, 7) is 2.15. The fourth-order valence-electron chi connectivity index (χ4n) is 1.17. The maximum absolute atomic E-state index is 11.1. The summed E-state index contributed by atoms with van der Waals surface area (Å²) in [4.78, 5) is 21.2. The third-order valence-electron chi connectivity index (χ3n) is 2.10. The van der Waals surface area contributed by atoms with Crippen LogP contribution in [0.15, 0.2) is 0 Å². The van der Waals surface area contributed by atoms with Gasteiger partial charge >= 0.3 is 5.97 Å². The smallest absolute Gasteiger partial charge is 0.305 e. The molecule has 0 aliphatic heterocycles. The zero-order valence-corrected chi connectivity index (χ0v) is 9.41. The first kappa shape index (κ1) is 14.1. The number of unbranched alkanes of at least 4 members (excludes halogenated alkanes) is 4. The Morgan fingerprint density at radius 3 is 2.60 bits per heavy atom. The Morgan fingerprint density at radius 2 is 2.00 bits per heavy atom. The zero-order valence-electron chi connectivity index (χ0n) is 9.41. The van der Waals surface area contributed by atoms with Crippen molar-refractivity contribution < 1.29 is 14.3 Å². The van der Waals surface area contributed by atoms with Crippen LogP contribution in [0.2, 0.25) is 0 Å². The van der Waals surface area contributed by atoms with Crippen molar-refractivity contribution in [2.24, 2.45) is 5.73 Å². The second-order valence-electron chi connectivity index (χ2n) is 3.65. The molecule has 0 aliphatic rings. The van der Waals surface area contributed by atoms with Crippen molar-refractivity contribution in [3.63, 3.8) is 0 Å². The minimum Gasteiger partial charge on any atom is -0.464 e. The molecular formula is C11H21NO3. The molecule has 0 bridgehead atoms. The molecule has 1 atom stereocenters. The lowest BCUT2D eigenvalue weighted by molar-refractivity contribution is -0.144. The van der Waals surface area contributed by atoms with Crippen molar-refractivity contribution in [2.45, 2.75) is 51.5 Å². The molecule has 2 N–H and O–H groups in total. The zero-order chi connectivity index (χ0) is 11.5. The first-order chi connectivity index (χ1) is 7.20. The topological polar surface area (TPSA) is 69.4 Å². The largest absolute Gasteiger partial charge is 0.464 e. The van der Waals surface area contributed by atoms with E-state index in [9.17, 15) is 9.59 Å². The lowest BCUT2D eigenvalue weighted by Gasteiger charge is -2.06. The van der Waals surface area contributed by atoms with Crippen LogP contribution >= 0.6 is 0 Å². The van der Waals surface area contributed by atoms with Gasteiger partial charge in [0, 0.05) is 6.42 Å². The van der Waals surface area contributed by atoms with Gasteiger partial charge in [-0.05, 0) is 6.42 Å². The molecule has 0 unspecified atom stereocenters. The van der Waals surface area contributed by atoms with Crippen LogP contribution in [-0.2, 0) is 14.3 Å². The van der Waals surface area contributed by atoms with Gasteiger partial charge in [-0.1, -0.05) is 32.6 Å². The van der Waals surface area contributed by atoms with E-state index in [0.29, 0.717) is 12.7 Å². The average molecular weight is 215 g/mol. The van der Waals surface area contributed by atoms with E-state index >= 15 is 0 Å². The Morgan fingerprint density at radius 1 is 1.33 bits per heavy atom. The Bertz CT molecular complexity index is 183. The molecule has 4 nitrogen and oxygen atoms in total. The van der Waals surface area contributed by atoms with Gasteiger partial charge in [0.05, 0.1) is 6.04 Å². The number of carbonyl (C=O) groups is 2. The summed E-state index contributed by atoms with van der Waals surface area (Å²) >= 11 is 0. The lowest BCUT2D eigenvalue weighted by atomic mass is 10.1. The highest BCUT2D eigenvalue weighted by atomic mass is 16.5. The summed E-state index contributed by atoms with van der Waals surface area (Å²) in [6.07, 6.45) is 6.49. The Kier molecular flexibility index (Phi) is 9.07. The van der Waals surface area contributed by atoms with E-state index in [-0.39, 0.29) is 12.6 Å². The minimum absolute atomic E-state index is 0.00269. The van der Waals surface area contributed by atoms with Gasteiger partial charge in [0.25, 0.3) is 0 Å². The SMILES string of the molecule is CCCCCCCC(=O)OC[C@H](N)C=O. The lowest BCUT2D eigenvalue weighted by Crippen LogP contribution is -2.28. The van der Waals surface area contributed by atoms with Gasteiger partial charge in [0.1, 0.15) is 12.9 Å². The minimum atomic E-state index is -0.686. The number of ether oxygens (including phenoxy) is 1. The Balaban J connectivity index is 3.29. The number of rotatable bonds is 9. The number of esters is 1. The molecule has 15 heavy (non-hydrogen) atoms. The van der Waals surface area contributed by atoms with Crippen molar-refractivity contribution in [2.75, 3.05) is 6.61 Å². The predicted molar refractivity (Wildman–Crippen MR) is 58.4 cm³/mol. The molecule has 4 heteroatoms. The van der Waals surface area contributed by atoms with Crippen molar-refractivity contribution in [1.29, 1.82) is 0 Å². The molecule has 0 aliphatic carbocycles. The van der Waals surface area contributed by atoms with E-state index < -0.39 is 6.04 Å². The average Bonchev–Trinajstić information content (AvgIpc) is 2.25. The van der Waals surface area contributed by atoms with Crippen LogP contribution in [0.1, 0.15) is 45.4 Å². The first-order valence-electron chi connectivity index (χ1n) is 5.57. The van der Waals surface area contributed by atoms with Crippen molar-refractivity contribution in [3.05, 3.63) is 0 Å². The number of hydrogen-bond acceptors (Lipinski definition) is 4. The van der Waals surface area contributed by atoms with E-state index in [4.69, 9.17) is 10.5 Å². The summed E-state index contributed by atoms with van der Waals surface area (Å²) < 4.78 is 4.81. The highest BCUT2D eigenvalue weighted by Crippen LogP contribution is 2.05. The van der Waals surface area contributed by atoms with Gasteiger partial charge in [0.15, 0.2) is 0 Å². The molecule has 0 spiro atoms. The van der Waals surface area contributed by atoms with Crippen molar-refractivity contribution >= 4 is 12.3 Å². The standard InChI is InChI=1S/C11H21NO3/c1-2-3-4-5-6-7-11(14)15-9-10(12)8-13/h8,10H,2-7,9,12H2,1H3/t10-/m1/s1. The normalized spacial score (nSPS) is 12.1. The van der Waals surface area contributed by atoms with Crippen LogP contribution in [-0.4, -0.2) is 24.9 Å². The molecule has 0 radical (unpaired) electrons. The van der Waals surface area contributed by atoms with Crippen LogP contribution in [0.5, 0.6) is 0 Å². The summed E-state index contributed by atoms with van der Waals surface area (Å²) in [6, 6.07) is -0.686. The monoisotopic (exact) mass is 215 g/mol. The molecule has 88 valence electrons. The predicted octanol–water partition coefficient (Wildman–Crippen LogP) is 1.42. The van der Waals surface area contributed by atoms with E-state index in [2.05, 4.69) is 6.92 Å². The van der Waals surface area contributed by atoms with Crippen LogP contribution < -0.4 is 5.73 Å². The van der Waals surface area contributed by atoms with Crippen molar-refractivity contribution in [3.8, 4) is 0 Å². The fraction of sp³-hybridized carbons (Fsp3) is 0.818. The van der Waals surface area contributed by atoms with Gasteiger partial charge in [-0.2, -0.15) is 0 Å². The molecule has 0 heterocycles. The molecule has 0 aromatic carbocycles. The second kappa shape index (κ2) is 9.65. The van der Waals surface area contributed by atoms with Gasteiger partial charge in [-0.25, -0.2) is 0 Å². The summed E-state index contributed by atoms with van der Waals surface area (Å²) in [5.74, 6) is -0.260. The van der Waals surface area contributed by atoms with Gasteiger partial charge < -0.3 is 15.3 Å². The highest BCUT2D eigenvalue weighted by Gasteiger charge is 2.05. The number of hydrogen-bond donors (Lipinski definition) is 1. The van der Waals surface area contributed by atoms with E-state index in [1.54, 1.807) is 0 Å². The molecule has 0 rings (SSSR count). The van der Waals surface area contributed by atoms with Gasteiger partial charge in [-0.3, -0.25) is 4.79 Å². The third kappa shape index (κ3) is 9.41. The second-order valence-corrected chi connectivity index (χ2v) is 3.65.